The largest absolute Gasteiger partial charge is 0.423 e. The lowest BCUT2D eigenvalue weighted by Crippen LogP contribution is -2.08. The Morgan fingerprint density at radius 3 is 2.56 bits per heavy atom. The van der Waals surface area contributed by atoms with Crippen LogP contribution in [0.4, 0.5) is 8.78 Å². The summed E-state index contributed by atoms with van der Waals surface area (Å²) in [5.41, 5.74) is 5.63. The Kier molecular flexibility index (Phi) is 3.66. The van der Waals surface area contributed by atoms with Gasteiger partial charge in [-0.2, -0.15) is 0 Å². The molecule has 18 heavy (non-hydrogen) atoms. The molecular formula is C12H13F2N3O. The van der Waals surface area contributed by atoms with Crippen LogP contribution >= 0.6 is 0 Å². The van der Waals surface area contributed by atoms with Crippen LogP contribution in [0.5, 0.6) is 0 Å². The summed E-state index contributed by atoms with van der Waals surface area (Å²) in [6.07, 6.45) is 0.567. The van der Waals surface area contributed by atoms with Gasteiger partial charge in [-0.25, -0.2) is 8.78 Å². The predicted octanol–water partition coefficient (Wildman–Crippen LogP) is 2.35. The van der Waals surface area contributed by atoms with Gasteiger partial charge < -0.3 is 10.2 Å². The van der Waals surface area contributed by atoms with Gasteiger partial charge in [-0.15, -0.1) is 10.2 Å². The Morgan fingerprint density at radius 2 is 1.94 bits per heavy atom. The third kappa shape index (κ3) is 2.53. The first-order valence-electron chi connectivity index (χ1n) is 5.62. The SMILES string of the molecule is CCC(N)c1nnc(Cc2c(F)cccc2F)o1. The molecule has 0 radical (unpaired) electrons. The highest BCUT2D eigenvalue weighted by Gasteiger charge is 2.16. The summed E-state index contributed by atoms with van der Waals surface area (Å²) in [6.45, 7) is 1.88. The first-order valence-corrected chi connectivity index (χ1v) is 5.62. The summed E-state index contributed by atoms with van der Waals surface area (Å²) < 4.78 is 32.1. The number of halogens is 2. The third-order valence-electron chi connectivity index (χ3n) is 2.63. The lowest BCUT2D eigenvalue weighted by Gasteiger charge is -2.02. The molecule has 0 amide bonds. The minimum Gasteiger partial charge on any atom is -0.423 e. The molecule has 2 rings (SSSR count). The van der Waals surface area contributed by atoms with Crippen molar-refractivity contribution in [2.45, 2.75) is 25.8 Å². The minimum atomic E-state index is -0.630. The van der Waals surface area contributed by atoms with E-state index in [0.29, 0.717) is 6.42 Å². The molecule has 2 aromatic rings. The van der Waals surface area contributed by atoms with Crippen molar-refractivity contribution in [3.8, 4) is 0 Å². The van der Waals surface area contributed by atoms with Crippen molar-refractivity contribution in [2.24, 2.45) is 5.73 Å². The molecule has 0 saturated carbocycles. The Hall–Kier alpha value is -1.82. The van der Waals surface area contributed by atoms with Crippen molar-refractivity contribution < 1.29 is 13.2 Å². The molecule has 0 aliphatic carbocycles. The van der Waals surface area contributed by atoms with Gasteiger partial charge in [-0.3, -0.25) is 0 Å². The van der Waals surface area contributed by atoms with Crippen LogP contribution in [0.3, 0.4) is 0 Å². The van der Waals surface area contributed by atoms with E-state index in [1.807, 2.05) is 6.92 Å². The van der Waals surface area contributed by atoms with Gasteiger partial charge in [0.2, 0.25) is 11.8 Å². The number of hydrogen-bond donors (Lipinski definition) is 1. The smallest absolute Gasteiger partial charge is 0.233 e. The molecule has 0 saturated heterocycles. The molecule has 96 valence electrons. The van der Waals surface area contributed by atoms with Gasteiger partial charge in [-0.1, -0.05) is 13.0 Å². The number of benzene rings is 1. The molecule has 0 aliphatic rings. The average molecular weight is 253 g/mol. The first-order chi connectivity index (χ1) is 8.61. The lowest BCUT2D eigenvalue weighted by atomic mass is 10.1. The number of rotatable bonds is 4. The molecule has 1 unspecified atom stereocenters. The van der Waals surface area contributed by atoms with E-state index >= 15 is 0 Å². The molecular weight excluding hydrogens is 240 g/mol. The Morgan fingerprint density at radius 1 is 1.28 bits per heavy atom. The first kappa shape index (κ1) is 12.6. The molecule has 6 heteroatoms. The predicted molar refractivity (Wildman–Crippen MR) is 60.7 cm³/mol. The van der Waals surface area contributed by atoms with E-state index in [9.17, 15) is 8.78 Å². The fourth-order valence-corrected chi connectivity index (χ4v) is 1.51. The molecule has 0 aliphatic heterocycles. The lowest BCUT2D eigenvalue weighted by molar-refractivity contribution is 0.415. The molecule has 1 atom stereocenters. The highest BCUT2D eigenvalue weighted by molar-refractivity contribution is 5.22. The maximum Gasteiger partial charge on any atom is 0.233 e. The molecule has 0 fully saturated rings. The van der Waals surface area contributed by atoms with Crippen LogP contribution in [0.25, 0.3) is 0 Å². The zero-order valence-corrected chi connectivity index (χ0v) is 9.86. The normalized spacial score (nSPS) is 12.7. The van der Waals surface area contributed by atoms with Crippen molar-refractivity contribution in [1.82, 2.24) is 10.2 Å². The maximum atomic E-state index is 13.4. The monoisotopic (exact) mass is 253 g/mol. The molecule has 4 nitrogen and oxygen atoms in total. The van der Waals surface area contributed by atoms with Gasteiger partial charge in [0.1, 0.15) is 11.6 Å². The zero-order valence-electron chi connectivity index (χ0n) is 9.86. The molecule has 0 spiro atoms. The molecule has 0 bridgehead atoms. The topological polar surface area (TPSA) is 64.9 Å². The second-order valence-electron chi connectivity index (χ2n) is 3.93. The van der Waals surface area contributed by atoms with Crippen LogP contribution in [0, 0.1) is 11.6 Å². The van der Waals surface area contributed by atoms with Crippen molar-refractivity contribution >= 4 is 0 Å². The fourth-order valence-electron chi connectivity index (χ4n) is 1.51. The van der Waals surface area contributed by atoms with Gasteiger partial charge in [0.25, 0.3) is 0 Å². The van der Waals surface area contributed by atoms with E-state index in [1.165, 1.54) is 18.2 Å². The number of hydrogen-bond acceptors (Lipinski definition) is 4. The van der Waals surface area contributed by atoms with Crippen LogP contribution in [0.2, 0.25) is 0 Å². The van der Waals surface area contributed by atoms with Crippen molar-refractivity contribution in [1.29, 1.82) is 0 Å². The fraction of sp³-hybridized carbons (Fsp3) is 0.333. The van der Waals surface area contributed by atoms with E-state index in [0.717, 1.165) is 0 Å². The van der Waals surface area contributed by atoms with Crippen molar-refractivity contribution in [3.05, 3.63) is 47.2 Å². The van der Waals surface area contributed by atoms with Gasteiger partial charge >= 0.3 is 0 Å². The molecule has 1 aromatic carbocycles. The van der Waals surface area contributed by atoms with Gasteiger partial charge in [0.05, 0.1) is 12.5 Å². The number of nitrogens with zero attached hydrogens (tertiary/aromatic N) is 2. The molecule has 2 N–H and O–H groups in total. The summed E-state index contributed by atoms with van der Waals surface area (Å²) >= 11 is 0. The van der Waals surface area contributed by atoms with Crippen molar-refractivity contribution in [2.75, 3.05) is 0 Å². The van der Waals surface area contributed by atoms with Gasteiger partial charge in [-0.05, 0) is 18.6 Å². The van der Waals surface area contributed by atoms with E-state index < -0.39 is 11.6 Å². The Labute approximate surface area is 103 Å². The van der Waals surface area contributed by atoms with Gasteiger partial charge in [0, 0.05) is 5.56 Å². The summed E-state index contributed by atoms with van der Waals surface area (Å²) in [6, 6.07) is 3.33. The number of nitrogens with two attached hydrogens (primary N) is 1. The summed E-state index contributed by atoms with van der Waals surface area (Å²) in [4.78, 5) is 0. The standard InChI is InChI=1S/C12H13F2N3O/c1-2-10(15)12-17-16-11(18-12)6-7-8(13)4-3-5-9(7)14/h3-5,10H,2,6,15H2,1H3. The van der Waals surface area contributed by atoms with Crippen LogP contribution in [-0.4, -0.2) is 10.2 Å². The van der Waals surface area contributed by atoms with Gasteiger partial charge in [0.15, 0.2) is 0 Å². The molecule has 1 aromatic heterocycles. The Balaban J connectivity index is 2.21. The summed E-state index contributed by atoms with van der Waals surface area (Å²) in [7, 11) is 0. The summed E-state index contributed by atoms with van der Waals surface area (Å²) in [5, 5.41) is 7.49. The quantitative estimate of drug-likeness (QED) is 0.908. The highest BCUT2D eigenvalue weighted by atomic mass is 19.1. The van der Waals surface area contributed by atoms with Crippen LogP contribution < -0.4 is 5.73 Å². The maximum absolute atomic E-state index is 13.4. The van der Waals surface area contributed by atoms with E-state index in [-0.39, 0.29) is 29.8 Å². The number of aromatic nitrogens is 2. The highest BCUT2D eigenvalue weighted by Crippen LogP contribution is 2.18. The van der Waals surface area contributed by atoms with E-state index in [4.69, 9.17) is 10.2 Å². The van der Waals surface area contributed by atoms with Crippen LogP contribution in [-0.2, 0) is 6.42 Å². The van der Waals surface area contributed by atoms with E-state index in [1.54, 1.807) is 0 Å². The minimum absolute atomic E-state index is 0.0814. The average Bonchev–Trinajstić information content (AvgIpc) is 2.81. The second kappa shape index (κ2) is 5.22. The van der Waals surface area contributed by atoms with Crippen LogP contribution in [0.1, 0.15) is 36.7 Å². The molecule has 1 heterocycles. The second-order valence-corrected chi connectivity index (χ2v) is 3.93. The third-order valence-corrected chi connectivity index (χ3v) is 2.63. The van der Waals surface area contributed by atoms with Crippen molar-refractivity contribution in [3.63, 3.8) is 0 Å². The zero-order chi connectivity index (χ0) is 13.1. The van der Waals surface area contributed by atoms with E-state index in [2.05, 4.69) is 10.2 Å². The van der Waals surface area contributed by atoms with Crippen LogP contribution in [0.15, 0.2) is 22.6 Å². The summed E-state index contributed by atoms with van der Waals surface area (Å²) in [5.74, 6) is -0.828. The Bertz CT molecular complexity index is 522.